The summed E-state index contributed by atoms with van der Waals surface area (Å²) in [5.41, 5.74) is 3.65. The number of benzene rings is 3. The summed E-state index contributed by atoms with van der Waals surface area (Å²) in [4.78, 5) is 24.8. The van der Waals surface area contributed by atoms with E-state index in [1.807, 2.05) is 24.3 Å². The van der Waals surface area contributed by atoms with Gasteiger partial charge in [0.2, 0.25) is 0 Å². The molecule has 0 saturated heterocycles. The standard InChI is InChI=1S/C25H26N2O3/c1-25(2,3)19-9-5-17(6-10-19)23(28)26-20-11-13-21(14-12-20)27-24(29)18-7-15-22(30-4)16-8-18/h5-16H,1-4H3,(H,26,28)(H,27,29). The van der Waals surface area contributed by atoms with Crippen molar-refractivity contribution in [3.05, 3.63) is 89.5 Å². The van der Waals surface area contributed by atoms with Crippen LogP contribution in [0.25, 0.3) is 0 Å². The normalized spacial score (nSPS) is 10.9. The predicted octanol–water partition coefficient (Wildman–Crippen LogP) is 5.50. The van der Waals surface area contributed by atoms with E-state index in [1.54, 1.807) is 55.6 Å². The van der Waals surface area contributed by atoms with Crippen LogP contribution in [0.5, 0.6) is 5.75 Å². The SMILES string of the molecule is COc1ccc(C(=O)Nc2ccc(NC(=O)c3ccc(C(C)(C)C)cc3)cc2)cc1. The quantitative estimate of drug-likeness (QED) is 0.592. The Bertz CT molecular complexity index is 1020. The molecule has 3 aromatic carbocycles. The lowest BCUT2D eigenvalue weighted by molar-refractivity contribution is 0.101. The molecule has 30 heavy (non-hydrogen) atoms. The van der Waals surface area contributed by atoms with Crippen LogP contribution in [0.4, 0.5) is 11.4 Å². The third-order valence-electron chi connectivity index (χ3n) is 4.77. The number of carbonyl (C=O) groups excluding carboxylic acids is 2. The zero-order valence-corrected chi connectivity index (χ0v) is 17.7. The van der Waals surface area contributed by atoms with E-state index in [-0.39, 0.29) is 17.2 Å². The minimum atomic E-state index is -0.214. The Kier molecular flexibility index (Phi) is 6.21. The second kappa shape index (κ2) is 8.82. The number of hydrogen-bond acceptors (Lipinski definition) is 3. The number of methoxy groups -OCH3 is 1. The summed E-state index contributed by atoms with van der Waals surface area (Å²) in [5.74, 6) is 0.304. The summed E-state index contributed by atoms with van der Waals surface area (Å²) in [6, 6.07) is 21.5. The van der Waals surface area contributed by atoms with E-state index < -0.39 is 0 Å². The third-order valence-corrected chi connectivity index (χ3v) is 4.77. The minimum Gasteiger partial charge on any atom is -0.497 e. The van der Waals surface area contributed by atoms with Gasteiger partial charge in [-0.2, -0.15) is 0 Å². The van der Waals surface area contributed by atoms with Gasteiger partial charge in [0.15, 0.2) is 0 Å². The van der Waals surface area contributed by atoms with E-state index in [1.165, 1.54) is 5.56 Å². The highest BCUT2D eigenvalue weighted by Crippen LogP contribution is 2.23. The lowest BCUT2D eigenvalue weighted by atomic mass is 9.87. The van der Waals surface area contributed by atoms with Crippen molar-refractivity contribution >= 4 is 23.2 Å². The summed E-state index contributed by atoms with van der Waals surface area (Å²) in [6.45, 7) is 6.41. The maximum atomic E-state index is 12.5. The lowest BCUT2D eigenvalue weighted by Crippen LogP contribution is -2.14. The Labute approximate surface area is 177 Å². The zero-order valence-electron chi connectivity index (χ0n) is 17.7. The van der Waals surface area contributed by atoms with E-state index >= 15 is 0 Å². The Morgan fingerprint density at radius 3 is 1.43 bits per heavy atom. The number of carbonyl (C=O) groups is 2. The molecule has 2 amide bonds. The van der Waals surface area contributed by atoms with Crippen molar-refractivity contribution in [3.63, 3.8) is 0 Å². The van der Waals surface area contributed by atoms with Gasteiger partial charge in [-0.3, -0.25) is 9.59 Å². The molecule has 154 valence electrons. The number of nitrogens with one attached hydrogen (secondary N) is 2. The van der Waals surface area contributed by atoms with Crippen molar-refractivity contribution in [3.8, 4) is 5.75 Å². The van der Waals surface area contributed by atoms with Gasteiger partial charge in [-0.15, -0.1) is 0 Å². The Balaban J connectivity index is 1.61. The average molecular weight is 402 g/mol. The topological polar surface area (TPSA) is 67.4 Å². The Morgan fingerprint density at radius 2 is 1.07 bits per heavy atom. The van der Waals surface area contributed by atoms with Crippen LogP contribution in [0.1, 0.15) is 47.1 Å². The molecule has 0 spiro atoms. The molecule has 0 radical (unpaired) electrons. The number of anilines is 2. The highest BCUT2D eigenvalue weighted by Gasteiger charge is 2.14. The van der Waals surface area contributed by atoms with Gasteiger partial charge in [0.1, 0.15) is 5.75 Å². The molecule has 0 atom stereocenters. The summed E-state index contributed by atoms with van der Waals surface area (Å²) in [5, 5.41) is 5.71. The third kappa shape index (κ3) is 5.26. The van der Waals surface area contributed by atoms with Crippen LogP contribution in [0.15, 0.2) is 72.8 Å². The number of hydrogen-bond donors (Lipinski definition) is 2. The first-order valence-corrected chi connectivity index (χ1v) is 9.73. The van der Waals surface area contributed by atoms with Crippen LogP contribution in [0.3, 0.4) is 0 Å². The van der Waals surface area contributed by atoms with Gasteiger partial charge < -0.3 is 15.4 Å². The molecule has 3 rings (SSSR count). The number of amides is 2. The zero-order chi connectivity index (χ0) is 21.7. The van der Waals surface area contributed by atoms with Crippen LogP contribution in [-0.2, 0) is 5.41 Å². The molecule has 0 saturated carbocycles. The molecule has 0 fully saturated rings. The van der Waals surface area contributed by atoms with Gasteiger partial charge >= 0.3 is 0 Å². The summed E-state index contributed by atoms with van der Waals surface area (Å²) in [6.07, 6.45) is 0. The van der Waals surface area contributed by atoms with Crippen LogP contribution in [-0.4, -0.2) is 18.9 Å². The molecule has 0 unspecified atom stereocenters. The van der Waals surface area contributed by atoms with E-state index in [0.29, 0.717) is 28.3 Å². The van der Waals surface area contributed by atoms with Crippen molar-refractivity contribution in [2.45, 2.75) is 26.2 Å². The van der Waals surface area contributed by atoms with Gasteiger partial charge in [0.05, 0.1) is 7.11 Å². The van der Waals surface area contributed by atoms with Crippen LogP contribution < -0.4 is 15.4 Å². The predicted molar refractivity (Wildman–Crippen MR) is 120 cm³/mol. The average Bonchev–Trinajstić information content (AvgIpc) is 2.74. The first-order chi connectivity index (χ1) is 14.3. The molecule has 0 aliphatic rings. The molecule has 5 heteroatoms. The van der Waals surface area contributed by atoms with Gasteiger partial charge in [0, 0.05) is 22.5 Å². The van der Waals surface area contributed by atoms with Crippen molar-refractivity contribution in [1.82, 2.24) is 0 Å². The number of ether oxygens (including phenoxy) is 1. The highest BCUT2D eigenvalue weighted by molar-refractivity contribution is 6.05. The van der Waals surface area contributed by atoms with Crippen molar-refractivity contribution < 1.29 is 14.3 Å². The van der Waals surface area contributed by atoms with Crippen molar-refractivity contribution in [2.75, 3.05) is 17.7 Å². The second-order valence-corrected chi connectivity index (χ2v) is 8.04. The molecule has 0 bridgehead atoms. The van der Waals surface area contributed by atoms with E-state index in [2.05, 4.69) is 31.4 Å². The monoisotopic (exact) mass is 402 g/mol. The molecule has 0 aliphatic carbocycles. The molecular weight excluding hydrogens is 376 g/mol. The number of rotatable bonds is 5. The van der Waals surface area contributed by atoms with Crippen molar-refractivity contribution in [1.29, 1.82) is 0 Å². The largest absolute Gasteiger partial charge is 0.497 e. The first kappa shape index (κ1) is 21.1. The molecule has 2 N–H and O–H groups in total. The maximum absolute atomic E-state index is 12.5. The molecule has 5 nitrogen and oxygen atoms in total. The molecule has 0 aromatic heterocycles. The lowest BCUT2D eigenvalue weighted by Gasteiger charge is -2.19. The summed E-state index contributed by atoms with van der Waals surface area (Å²) < 4.78 is 5.10. The molecular formula is C25H26N2O3. The maximum Gasteiger partial charge on any atom is 0.255 e. The van der Waals surface area contributed by atoms with Crippen molar-refractivity contribution in [2.24, 2.45) is 0 Å². The van der Waals surface area contributed by atoms with Gasteiger partial charge in [-0.1, -0.05) is 32.9 Å². The van der Waals surface area contributed by atoms with Gasteiger partial charge in [0.25, 0.3) is 11.8 Å². The minimum absolute atomic E-state index is 0.0427. The summed E-state index contributed by atoms with van der Waals surface area (Å²) >= 11 is 0. The molecule has 0 heterocycles. The van der Waals surface area contributed by atoms with Gasteiger partial charge in [-0.05, 0) is 71.6 Å². The smallest absolute Gasteiger partial charge is 0.255 e. The van der Waals surface area contributed by atoms with E-state index in [9.17, 15) is 9.59 Å². The summed E-state index contributed by atoms with van der Waals surface area (Å²) in [7, 11) is 1.58. The Hall–Kier alpha value is -3.60. The van der Waals surface area contributed by atoms with Crippen LogP contribution in [0.2, 0.25) is 0 Å². The highest BCUT2D eigenvalue weighted by atomic mass is 16.5. The van der Waals surface area contributed by atoms with E-state index in [0.717, 1.165) is 0 Å². The van der Waals surface area contributed by atoms with Gasteiger partial charge in [-0.25, -0.2) is 0 Å². The first-order valence-electron chi connectivity index (χ1n) is 9.73. The fourth-order valence-corrected chi connectivity index (χ4v) is 2.91. The Morgan fingerprint density at radius 1 is 0.667 bits per heavy atom. The second-order valence-electron chi connectivity index (χ2n) is 8.04. The molecule has 3 aromatic rings. The fraction of sp³-hybridized carbons (Fsp3) is 0.200. The molecule has 0 aliphatic heterocycles. The van der Waals surface area contributed by atoms with E-state index in [4.69, 9.17) is 4.74 Å². The van der Waals surface area contributed by atoms with Crippen LogP contribution >= 0.6 is 0 Å². The fourth-order valence-electron chi connectivity index (χ4n) is 2.91. The van der Waals surface area contributed by atoms with Crippen LogP contribution in [0, 0.1) is 0 Å².